The third-order valence-corrected chi connectivity index (χ3v) is 6.72. The molecule has 0 atom stereocenters. The maximum Gasteiger partial charge on any atom is 0.201 e. The van der Waals surface area contributed by atoms with Crippen LogP contribution in [0.5, 0.6) is 11.5 Å². The summed E-state index contributed by atoms with van der Waals surface area (Å²) >= 11 is 0. The fraction of sp³-hybridized carbons (Fsp3) is 0.333. The molecule has 6 heteroatoms. The van der Waals surface area contributed by atoms with E-state index < -0.39 is 23.3 Å². The summed E-state index contributed by atoms with van der Waals surface area (Å²) in [7, 11) is 0. The Kier molecular flexibility index (Phi) is 8.34. The van der Waals surface area contributed by atoms with Gasteiger partial charge in [0.05, 0.1) is 13.2 Å². The van der Waals surface area contributed by atoms with Crippen LogP contribution < -0.4 is 9.47 Å². The summed E-state index contributed by atoms with van der Waals surface area (Å²) in [4.78, 5) is 0. The Morgan fingerprint density at radius 1 is 0.722 bits per heavy atom. The number of benzene rings is 3. The van der Waals surface area contributed by atoms with E-state index in [2.05, 4.69) is 0 Å². The molecule has 36 heavy (non-hydrogen) atoms. The lowest BCUT2D eigenvalue weighted by Gasteiger charge is -2.27. The Hall–Kier alpha value is -3.28. The molecule has 3 aromatic carbocycles. The standard InChI is InChI=1S/C30H30F4O2/c1-3-35-23-14-11-21(12-15-23)25-17-16-24(28(32)29(25)33)20-8-5-19(6-9-20)7-10-22-13-18-26(36-4-2)30(34)27(22)31/h7,10-20H,3-6,8-9H2,1-2H3/b10-7+. The Labute approximate surface area is 209 Å². The van der Waals surface area contributed by atoms with Crippen LogP contribution >= 0.6 is 0 Å². The van der Waals surface area contributed by atoms with Gasteiger partial charge in [-0.1, -0.05) is 36.4 Å². The zero-order chi connectivity index (χ0) is 25.7. The van der Waals surface area contributed by atoms with E-state index in [0.717, 1.165) is 12.8 Å². The van der Waals surface area contributed by atoms with E-state index in [1.54, 1.807) is 49.4 Å². The monoisotopic (exact) mass is 498 g/mol. The average Bonchev–Trinajstić information content (AvgIpc) is 2.89. The Morgan fingerprint density at radius 3 is 2.08 bits per heavy atom. The molecule has 0 aliphatic heterocycles. The highest BCUT2D eigenvalue weighted by Crippen LogP contribution is 2.39. The van der Waals surface area contributed by atoms with Crippen molar-refractivity contribution in [2.45, 2.75) is 45.4 Å². The number of ether oxygens (including phenoxy) is 2. The van der Waals surface area contributed by atoms with Crippen molar-refractivity contribution < 1.29 is 27.0 Å². The molecule has 190 valence electrons. The summed E-state index contributed by atoms with van der Waals surface area (Å²) in [5.74, 6) is -2.91. The van der Waals surface area contributed by atoms with E-state index >= 15 is 4.39 Å². The second-order valence-corrected chi connectivity index (χ2v) is 8.97. The molecule has 0 unspecified atom stereocenters. The molecule has 0 saturated heterocycles. The Morgan fingerprint density at radius 2 is 1.42 bits per heavy atom. The average molecular weight is 499 g/mol. The molecule has 0 N–H and O–H groups in total. The topological polar surface area (TPSA) is 18.5 Å². The SMILES string of the molecule is CCOc1ccc(-c2ccc(C3CCC(/C=C/c4ccc(OCC)c(F)c4F)CC3)c(F)c2F)cc1. The number of allylic oxidation sites excluding steroid dienone is 1. The van der Waals surface area contributed by atoms with Crippen molar-refractivity contribution in [3.05, 3.63) is 89.0 Å². The highest BCUT2D eigenvalue weighted by molar-refractivity contribution is 5.65. The van der Waals surface area contributed by atoms with Crippen molar-refractivity contribution in [1.29, 1.82) is 0 Å². The molecule has 0 radical (unpaired) electrons. The molecule has 0 heterocycles. The maximum atomic E-state index is 15.1. The van der Waals surface area contributed by atoms with Crippen molar-refractivity contribution in [1.82, 2.24) is 0 Å². The lowest BCUT2D eigenvalue weighted by atomic mass is 9.78. The first kappa shape index (κ1) is 25.8. The summed E-state index contributed by atoms with van der Waals surface area (Å²) < 4.78 is 69.0. The summed E-state index contributed by atoms with van der Waals surface area (Å²) in [5.41, 5.74) is 1.37. The summed E-state index contributed by atoms with van der Waals surface area (Å²) in [6, 6.07) is 13.2. The minimum absolute atomic E-state index is 0.0850. The van der Waals surface area contributed by atoms with Crippen LogP contribution in [0.1, 0.15) is 56.6 Å². The van der Waals surface area contributed by atoms with Crippen LogP contribution in [0.3, 0.4) is 0 Å². The normalized spacial score (nSPS) is 17.9. The Balaban J connectivity index is 1.41. The van der Waals surface area contributed by atoms with Crippen molar-refractivity contribution in [3.8, 4) is 22.6 Å². The minimum atomic E-state index is -0.992. The number of halogens is 4. The summed E-state index contributed by atoms with van der Waals surface area (Å²) in [5, 5.41) is 0. The molecule has 0 amide bonds. The van der Waals surface area contributed by atoms with Gasteiger partial charge in [0.2, 0.25) is 5.82 Å². The van der Waals surface area contributed by atoms with Crippen LogP contribution in [0.15, 0.2) is 54.6 Å². The molecule has 4 rings (SSSR count). The van der Waals surface area contributed by atoms with Gasteiger partial charge in [-0.2, -0.15) is 4.39 Å². The lowest BCUT2D eigenvalue weighted by molar-refractivity contribution is 0.314. The molecule has 2 nitrogen and oxygen atoms in total. The van der Waals surface area contributed by atoms with Crippen LogP contribution in [-0.2, 0) is 0 Å². The molecule has 0 bridgehead atoms. The van der Waals surface area contributed by atoms with Gasteiger partial charge in [-0.25, -0.2) is 13.2 Å². The number of rotatable bonds is 8. The lowest BCUT2D eigenvalue weighted by Crippen LogP contribution is -2.13. The van der Waals surface area contributed by atoms with E-state index in [9.17, 15) is 13.2 Å². The van der Waals surface area contributed by atoms with Gasteiger partial charge in [0.25, 0.3) is 0 Å². The van der Waals surface area contributed by atoms with Gasteiger partial charge in [0.15, 0.2) is 23.2 Å². The first-order valence-electron chi connectivity index (χ1n) is 12.4. The molecule has 0 aromatic heterocycles. The van der Waals surface area contributed by atoms with Crippen molar-refractivity contribution in [2.75, 3.05) is 13.2 Å². The Bertz CT molecular complexity index is 1210. The zero-order valence-corrected chi connectivity index (χ0v) is 20.5. The summed E-state index contributed by atoms with van der Waals surface area (Å²) in [6.07, 6.45) is 6.35. The van der Waals surface area contributed by atoms with E-state index in [1.807, 2.05) is 13.0 Å². The van der Waals surface area contributed by atoms with Gasteiger partial charge in [-0.05, 0) is 86.8 Å². The number of hydrogen-bond donors (Lipinski definition) is 0. The third-order valence-electron chi connectivity index (χ3n) is 6.72. The van der Waals surface area contributed by atoms with Crippen LogP contribution in [0.4, 0.5) is 17.6 Å². The molecular formula is C30H30F4O2. The van der Waals surface area contributed by atoms with Crippen molar-refractivity contribution >= 4 is 6.08 Å². The fourth-order valence-corrected chi connectivity index (χ4v) is 4.80. The first-order valence-corrected chi connectivity index (χ1v) is 12.4. The highest BCUT2D eigenvalue weighted by atomic mass is 19.2. The third kappa shape index (κ3) is 5.58. The van der Waals surface area contributed by atoms with Gasteiger partial charge in [0, 0.05) is 11.1 Å². The van der Waals surface area contributed by atoms with E-state index in [0.29, 0.717) is 36.3 Å². The van der Waals surface area contributed by atoms with Gasteiger partial charge in [-0.15, -0.1) is 0 Å². The van der Waals surface area contributed by atoms with Gasteiger partial charge < -0.3 is 9.47 Å². The molecule has 0 spiro atoms. The van der Waals surface area contributed by atoms with Crippen molar-refractivity contribution in [3.63, 3.8) is 0 Å². The number of hydrogen-bond acceptors (Lipinski definition) is 2. The molecule has 1 aliphatic rings. The predicted molar refractivity (Wildman–Crippen MR) is 134 cm³/mol. The van der Waals surface area contributed by atoms with Crippen LogP contribution in [0, 0.1) is 29.2 Å². The summed E-state index contributed by atoms with van der Waals surface area (Å²) in [6.45, 7) is 4.38. The maximum absolute atomic E-state index is 15.1. The quantitative estimate of drug-likeness (QED) is 0.289. The van der Waals surface area contributed by atoms with E-state index in [1.165, 1.54) is 12.1 Å². The zero-order valence-electron chi connectivity index (χ0n) is 20.5. The van der Waals surface area contributed by atoms with Gasteiger partial charge >= 0.3 is 0 Å². The van der Waals surface area contributed by atoms with Crippen molar-refractivity contribution in [2.24, 2.45) is 5.92 Å². The van der Waals surface area contributed by atoms with E-state index in [-0.39, 0.29) is 35.3 Å². The predicted octanol–water partition coefficient (Wildman–Crippen LogP) is 8.69. The first-order chi connectivity index (χ1) is 17.4. The second-order valence-electron chi connectivity index (χ2n) is 8.97. The van der Waals surface area contributed by atoms with Crippen LogP contribution in [0.2, 0.25) is 0 Å². The molecule has 1 aliphatic carbocycles. The van der Waals surface area contributed by atoms with E-state index in [4.69, 9.17) is 9.47 Å². The molecule has 3 aromatic rings. The molecule has 1 saturated carbocycles. The largest absolute Gasteiger partial charge is 0.494 e. The smallest absolute Gasteiger partial charge is 0.201 e. The minimum Gasteiger partial charge on any atom is -0.494 e. The van der Waals surface area contributed by atoms with Gasteiger partial charge in [0.1, 0.15) is 5.75 Å². The molecule has 1 fully saturated rings. The van der Waals surface area contributed by atoms with Crippen LogP contribution in [-0.4, -0.2) is 13.2 Å². The van der Waals surface area contributed by atoms with Gasteiger partial charge in [-0.3, -0.25) is 0 Å². The highest BCUT2D eigenvalue weighted by Gasteiger charge is 2.26. The second kappa shape index (κ2) is 11.6. The molecular weight excluding hydrogens is 468 g/mol. The van der Waals surface area contributed by atoms with Crippen LogP contribution in [0.25, 0.3) is 17.2 Å². The fourth-order valence-electron chi connectivity index (χ4n) is 4.80.